The van der Waals surface area contributed by atoms with Crippen LogP contribution in [0.25, 0.3) is 0 Å². The molecule has 0 spiro atoms. The summed E-state index contributed by atoms with van der Waals surface area (Å²) in [6.45, 7) is 0. The molecule has 0 aliphatic carbocycles. The highest BCUT2D eigenvalue weighted by molar-refractivity contribution is 14.1. The first-order valence-electron chi connectivity index (χ1n) is 1.82. The van der Waals surface area contributed by atoms with Crippen molar-refractivity contribution in [2.75, 3.05) is 0 Å². The van der Waals surface area contributed by atoms with Crippen LogP contribution in [0.5, 0.6) is 5.75 Å². The molecule has 0 aromatic carbocycles. The van der Waals surface area contributed by atoms with Gasteiger partial charge in [0.05, 0.1) is 3.70 Å². The molecule has 0 saturated heterocycles. The quantitative estimate of drug-likeness (QED) is 0.621. The van der Waals surface area contributed by atoms with Crippen LogP contribution in [0.4, 0.5) is 0 Å². The van der Waals surface area contributed by atoms with Crippen LogP contribution < -0.4 is 0 Å². The highest BCUT2D eigenvalue weighted by Gasteiger charge is 1.87. The van der Waals surface area contributed by atoms with Crippen LogP contribution in [0.15, 0.2) is 12.3 Å². The van der Waals surface area contributed by atoms with Gasteiger partial charge < -0.3 is 10.1 Å². The van der Waals surface area contributed by atoms with Gasteiger partial charge in [0.1, 0.15) is 5.75 Å². The zero-order chi connectivity index (χ0) is 5.28. The second-order valence-corrected chi connectivity index (χ2v) is 2.37. The van der Waals surface area contributed by atoms with Gasteiger partial charge in [-0.25, -0.2) is 0 Å². The molecule has 0 radical (unpaired) electrons. The van der Waals surface area contributed by atoms with Gasteiger partial charge in [-0.1, -0.05) is 0 Å². The lowest BCUT2D eigenvalue weighted by molar-refractivity contribution is 0.476. The van der Waals surface area contributed by atoms with Crippen molar-refractivity contribution < 1.29 is 5.11 Å². The smallest absolute Gasteiger partial charge is 0.134 e. The Bertz CT molecular complexity index is 144. The summed E-state index contributed by atoms with van der Waals surface area (Å²) in [6, 6.07) is 1.65. The molecule has 0 aliphatic rings. The van der Waals surface area contributed by atoms with Crippen molar-refractivity contribution in [3.05, 3.63) is 16.0 Å². The number of aromatic amines is 1. The summed E-state index contributed by atoms with van der Waals surface area (Å²) in [4.78, 5) is 2.80. The Hall–Kier alpha value is -0.190. The lowest BCUT2D eigenvalue weighted by Crippen LogP contribution is -1.57. The third-order valence-electron chi connectivity index (χ3n) is 0.633. The molecule has 0 bridgehead atoms. The second kappa shape index (κ2) is 1.73. The minimum Gasteiger partial charge on any atom is -0.506 e. The van der Waals surface area contributed by atoms with Crippen molar-refractivity contribution in [3.63, 3.8) is 0 Å². The molecule has 0 atom stereocenters. The molecule has 0 unspecified atom stereocenters. The van der Waals surface area contributed by atoms with Crippen LogP contribution in [-0.2, 0) is 0 Å². The maximum atomic E-state index is 8.62. The first-order valence-corrected chi connectivity index (χ1v) is 2.90. The monoisotopic (exact) mass is 209 g/mol. The zero-order valence-corrected chi connectivity index (χ0v) is 5.64. The Kier molecular flexibility index (Phi) is 1.23. The van der Waals surface area contributed by atoms with E-state index in [9.17, 15) is 0 Å². The molecule has 0 fully saturated rings. The average Bonchev–Trinajstić information content (AvgIpc) is 1.87. The number of halogens is 1. The van der Waals surface area contributed by atoms with Gasteiger partial charge in [-0.15, -0.1) is 0 Å². The molecule has 0 aliphatic heterocycles. The summed E-state index contributed by atoms with van der Waals surface area (Å²) in [6.07, 6.45) is 1.54. The fourth-order valence-corrected chi connectivity index (χ4v) is 0.831. The summed E-state index contributed by atoms with van der Waals surface area (Å²) in [7, 11) is 0. The van der Waals surface area contributed by atoms with E-state index in [1.165, 1.54) is 0 Å². The molecule has 2 nitrogen and oxygen atoms in total. The topological polar surface area (TPSA) is 36.0 Å². The van der Waals surface area contributed by atoms with Crippen LogP contribution >= 0.6 is 22.6 Å². The molecule has 1 aromatic rings. The summed E-state index contributed by atoms with van der Waals surface area (Å²) in [5, 5.41) is 8.62. The molecule has 38 valence electrons. The molecule has 3 heteroatoms. The number of aromatic nitrogens is 1. The van der Waals surface area contributed by atoms with E-state index < -0.39 is 0 Å². The van der Waals surface area contributed by atoms with Crippen molar-refractivity contribution >= 4 is 22.6 Å². The molecule has 1 aromatic heterocycles. The van der Waals surface area contributed by atoms with E-state index >= 15 is 0 Å². The second-order valence-electron chi connectivity index (χ2n) is 1.21. The lowest BCUT2D eigenvalue weighted by atomic mass is 10.6. The van der Waals surface area contributed by atoms with Crippen molar-refractivity contribution in [1.29, 1.82) is 0 Å². The SMILES string of the molecule is Oc1c[nH]c(I)c1. The maximum Gasteiger partial charge on any atom is 0.134 e. The van der Waals surface area contributed by atoms with E-state index in [0.29, 0.717) is 5.75 Å². The van der Waals surface area contributed by atoms with Gasteiger partial charge in [0.15, 0.2) is 0 Å². The first-order chi connectivity index (χ1) is 3.29. The van der Waals surface area contributed by atoms with E-state index in [-0.39, 0.29) is 0 Å². The molecular formula is C4H4INO. The number of hydrogen-bond donors (Lipinski definition) is 2. The van der Waals surface area contributed by atoms with Crippen LogP contribution in [0.1, 0.15) is 0 Å². The Labute approximate surface area is 54.7 Å². The van der Waals surface area contributed by atoms with Crippen LogP contribution in [0.3, 0.4) is 0 Å². The number of aromatic hydroxyl groups is 1. The molecular weight excluding hydrogens is 205 g/mol. The largest absolute Gasteiger partial charge is 0.506 e. The molecule has 2 N–H and O–H groups in total. The van der Waals surface area contributed by atoms with E-state index in [1.54, 1.807) is 12.3 Å². The fourth-order valence-electron chi connectivity index (χ4n) is 0.356. The Morgan fingerprint density at radius 2 is 2.43 bits per heavy atom. The van der Waals surface area contributed by atoms with E-state index in [4.69, 9.17) is 5.11 Å². The standard InChI is InChI=1S/C4H4INO/c5-4-1-3(7)2-6-4/h1-2,6-7H. The van der Waals surface area contributed by atoms with Gasteiger partial charge in [0, 0.05) is 12.3 Å². The van der Waals surface area contributed by atoms with Crippen molar-refractivity contribution in [2.24, 2.45) is 0 Å². The van der Waals surface area contributed by atoms with E-state index in [0.717, 1.165) is 3.70 Å². The van der Waals surface area contributed by atoms with Gasteiger partial charge in [-0.3, -0.25) is 0 Å². The third-order valence-corrected chi connectivity index (χ3v) is 1.26. The number of nitrogens with one attached hydrogen (secondary N) is 1. The minimum absolute atomic E-state index is 0.296. The molecule has 1 heterocycles. The first kappa shape index (κ1) is 4.96. The average molecular weight is 209 g/mol. The lowest BCUT2D eigenvalue weighted by Gasteiger charge is -1.69. The molecule has 1 rings (SSSR count). The van der Waals surface area contributed by atoms with Crippen molar-refractivity contribution in [3.8, 4) is 5.75 Å². The highest BCUT2D eigenvalue weighted by atomic mass is 127. The molecule has 7 heavy (non-hydrogen) atoms. The molecule has 0 saturated carbocycles. The van der Waals surface area contributed by atoms with Crippen LogP contribution in [0.2, 0.25) is 0 Å². The number of H-pyrrole nitrogens is 1. The summed E-state index contributed by atoms with van der Waals surface area (Å²) in [5.41, 5.74) is 0. The minimum atomic E-state index is 0.296. The van der Waals surface area contributed by atoms with Crippen LogP contribution in [0, 0.1) is 3.70 Å². The van der Waals surface area contributed by atoms with Crippen LogP contribution in [-0.4, -0.2) is 10.1 Å². The summed E-state index contributed by atoms with van der Waals surface area (Å²) < 4.78 is 0.954. The van der Waals surface area contributed by atoms with E-state index in [1.807, 2.05) is 0 Å². The van der Waals surface area contributed by atoms with E-state index in [2.05, 4.69) is 27.6 Å². The Morgan fingerprint density at radius 1 is 1.71 bits per heavy atom. The van der Waals surface area contributed by atoms with Crippen molar-refractivity contribution in [1.82, 2.24) is 4.98 Å². The fraction of sp³-hybridized carbons (Fsp3) is 0. The highest BCUT2D eigenvalue weighted by Crippen LogP contribution is 2.10. The predicted molar refractivity (Wildman–Crippen MR) is 35.2 cm³/mol. The summed E-state index contributed by atoms with van der Waals surface area (Å²) >= 11 is 2.09. The van der Waals surface area contributed by atoms with Crippen molar-refractivity contribution in [2.45, 2.75) is 0 Å². The number of rotatable bonds is 0. The van der Waals surface area contributed by atoms with Gasteiger partial charge in [0.25, 0.3) is 0 Å². The zero-order valence-electron chi connectivity index (χ0n) is 3.48. The normalized spacial score (nSPS) is 9.29. The van der Waals surface area contributed by atoms with Gasteiger partial charge >= 0.3 is 0 Å². The predicted octanol–water partition coefficient (Wildman–Crippen LogP) is 1.32. The van der Waals surface area contributed by atoms with Gasteiger partial charge in [-0.2, -0.15) is 0 Å². The van der Waals surface area contributed by atoms with Gasteiger partial charge in [-0.05, 0) is 22.6 Å². The third kappa shape index (κ3) is 1.09. The Morgan fingerprint density at radius 3 is 2.57 bits per heavy atom. The van der Waals surface area contributed by atoms with Gasteiger partial charge in [0.2, 0.25) is 0 Å². The number of hydrogen-bond acceptors (Lipinski definition) is 1. The Balaban J connectivity index is 3.04. The maximum absolute atomic E-state index is 8.62. The summed E-state index contributed by atoms with van der Waals surface area (Å²) in [5.74, 6) is 0.296. The molecule has 0 amide bonds.